The molecule has 5 bridgehead atoms. The van der Waals surface area contributed by atoms with Crippen molar-refractivity contribution in [2.45, 2.75) is 106 Å². The maximum atomic E-state index is 15.3. The summed E-state index contributed by atoms with van der Waals surface area (Å²) in [4.78, 5) is 85.9. The monoisotopic (exact) mass is 932 g/mol. The number of aliphatic hydroxyl groups is 2. The molecule has 3 aromatic carbocycles. The zero-order valence-corrected chi connectivity index (χ0v) is 40.4. The maximum absolute atomic E-state index is 15.3. The second kappa shape index (κ2) is 20.3. The Balaban J connectivity index is 1.58. The van der Waals surface area contributed by atoms with Crippen LogP contribution >= 0.6 is 0 Å². The number of allylic oxidation sites excluding steroid dienone is 4. The Kier molecular flexibility index (Phi) is 15.1. The summed E-state index contributed by atoms with van der Waals surface area (Å²) in [6.45, 7) is 17.9. The van der Waals surface area contributed by atoms with Crippen LogP contribution in [0.4, 0.5) is 5.69 Å². The van der Waals surface area contributed by atoms with Crippen molar-refractivity contribution in [3.8, 4) is 11.5 Å². The lowest BCUT2D eigenvalue weighted by molar-refractivity contribution is -0.160. The smallest absolute Gasteiger partial charge is 0.343 e. The Morgan fingerprint density at radius 2 is 1.44 bits per heavy atom. The molecule has 0 radical (unpaired) electrons. The number of aliphatic hydroxyl groups excluding tert-OH is 2. The Hall–Kier alpha value is -6.68. The first kappa shape index (κ1) is 50.7. The molecule has 0 spiro atoms. The van der Waals surface area contributed by atoms with Crippen molar-refractivity contribution in [3.05, 3.63) is 135 Å². The molecule has 3 aliphatic heterocycles. The molecule has 15 nitrogen and oxygen atoms in total. The number of aryl methyl sites for hydroxylation is 3. The third-order valence-corrected chi connectivity index (χ3v) is 12.9. The Bertz CT molecular complexity index is 2660. The quantitative estimate of drug-likeness (QED) is 0.139. The van der Waals surface area contributed by atoms with E-state index in [1.807, 2.05) is 26.8 Å². The van der Waals surface area contributed by atoms with Crippen molar-refractivity contribution in [2.75, 3.05) is 12.4 Å². The Morgan fingerprint density at radius 3 is 2.06 bits per heavy atom. The number of ketones is 3. The maximum Gasteiger partial charge on any atom is 0.343 e. The number of esters is 2. The lowest BCUT2D eigenvalue weighted by Crippen LogP contribution is -2.46. The van der Waals surface area contributed by atoms with Crippen LogP contribution in [-0.2, 0) is 23.8 Å². The van der Waals surface area contributed by atoms with Crippen LogP contribution in [-0.4, -0.2) is 82.7 Å². The molecule has 15 heteroatoms. The van der Waals surface area contributed by atoms with Crippen molar-refractivity contribution in [1.29, 1.82) is 0 Å². The highest BCUT2D eigenvalue weighted by molar-refractivity contribution is 6.33. The van der Waals surface area contributed by atoms with Gasteiger partial charge in [-0.15, -0.1) is 0 Å². The summed E-state index contributed by atoms with van der Waals surface area (Å²) >= 11 is 0. The van der Waals surface area contributed by atoms with Crippen LogP contribution in [0.25, 0.3) is 0 Å². The molecule has 3 heterocycles. The number of amides is 1. The average molecular weight is 933 g/mol. The van der Waals surface area contributed by atoms with Gasteiger partial charge >= 0.3 is 17.7 Å². The van der Waals surface area contributed by atoms with Gasteiger partial charge in [0.2, 0.25) is 11.6 Å². The number of anilines is 1. The van der Waals surface area contributed by atoms with Crippen LogP contribution in [0.5, 0.6) is 11.5 Å². The number of nitrogens with one attached hydrogen (secondary N) is 2. The minimum absolute atomic E-state index is 0.0128. The zero-order valence-electron chi connectivity index (χ0n) is 40.4. The number of rotatable bonds is 6. The lowest BCUT2D eigenvalue weighted by Gasteiger charge is -2.38. The van der Waals surface area contributed by atoms with Crippen molar-refractivity contribution in [1.82, 2.24) is 5.32 Å². The number of hydrogen-bond acceptors (Lipinski definition) is 14. The lowest BCUT2D eigenvalue weighted by atomic mass is 9.78. The number of Topliss-reactive ketones (excluding diaryl/α,β-unsaturated/α-hetero) is 3. The van der Waals surface area contributed by atoms with Crippen molar-refractivity contribution >= 4 is 40.9 Å². The molecule has 0 fully saturated rings. The Morgan fingerprint density at radius 1 is 0.794 bits per heavy atom. The van der Waals surface area contributed by atoms with Crippen LogP contribution < -0.4 is 20.1 Å². The van der Waals surface area contributed by atoms with Crippen molar-refractivity contribution in [2.24, 2.45) is 23.7 Å². The van der Waals surface area contributed by atoms with Gasteiger partial charge in [-0.25, -0.2) is 4.79 Å². The summed E-state index contributed by atoms with van der Waals surface area (Å²) in [7, 11) is 1.42. The zero-order chi connectivity index (χ0) is 50.1. The minimum atomic E-state index is -2.18. The van der Waals surface area contributed by atoms with E-state index in [1.54, 1.807) is 64.1 Å². The van der Waals surface area contributed by atoms with Gasteiger partial charge in [0.15, 0.2) is 0 Å². The molecular formula is C53H60N2O13. The predicted octanol–water partition coefficient (Wildman–Crippen LogP) is 7.51. The minimum Gasteiger partial charge on any atom is -0.462 e. The van der Waals surface area contributed by atoms with E-state index in [0.29, 0.717) is 5.69 Å². The number of carbonyl (C=O) groups excluding carboxylic acids is 6. The molecule has 360 valence electrons. The number of hydrogen-bond donors (Lipinski definition) is 4. The van der Waals surface area contributed by atoms with E-state index in [9.17, 15) is 29.4 Å². The highest BCUT2D eigenvalue weighted by Gasteiger charge is 2.53. The molecular weight excluding hydrogens is 873 g/mol. The van der Waals surface area contributed by atoms with Crippen molar-refractivity contribution in [3.63, 3.8) is 0 Å². The standard InChI is InChI=1S/C53H60N2O13/c1-25-16-18-35(19-17-25)52(63)67-48-33(9)49-40-38-39(48)46(60)42(41(45(38)59)54-36-23-26(2)22-27(3)24-36)55-51(62)29(5)15-13-14-28(4)43(57)31(7)44(58)32(8)47(66-34(10)56)30(6)37(64-12)20-21-65-53(11,68-49)50(40)61/h13-24,28,30-32,37,43-44,47,54,57-58H,1-12H3,(H,55,62)/b14-13+,21-20+,29-15-/t28-,30+,31+,32-,37-,43-,44-,47+,53-/m0/s1. The first-order chi connectivity index (χ1) is 32.0. The average Bonchev–Trinajstić information content (AvgIpc) is 3.55. The first-order valence-electron chi connectivity index (χ1n) is 22.5. The summed E-state index contributed by atoms with van der Waals surface area (Å²) in [5.74, 6) is -10.4. The van der Waals surface area contributed by atoms with E-state index in [1.165, 1.54) is 65.4 Å². The van der Waals surface area contributed by atoms with Gasteiger partial charge < -0.3 is 44.5 Å². The fourth-order valence-corrected chi connectivity index (χ4v) is 8.96. The van der Waals surface area contributed by atoms with Gasteiger partial charge in [0, 0.05) is 61.5 Å². The highest BCUT2D eigenvalue weighted by Crippen LogP contribution is 2.49. The molecule has 0 aromatic heterocycles. The topological polar surface area (TPSA) is 213 Å². The number of benzene rings is 3. The molecule has 0 saturated carbocycles. The highest BCUT2D eigenvalue weighted by atomic mass is 16.7. The molecule has 1 amide bonds. The second-order valence-corrected chi connectivity index (χ2v) is 18.3. The molecule has 7 rings (SSSR count). The van der Waals surface area contributed by atoms with Gasteiger partial charge in [-0.1, -0.05) is 69.7 Å². The van der Waals surface area contributed by atoms with E-state index in [0.717, 1.165) is 16.7 Å². The van der Waals surface area contributed by atoms with Gasteiger partial charge in [0.05, 0.1) is 46.8 Å². The summed E-state index contributed by atoms with van der Waals surface area (Å²) in [6.07, 6.45) is 3.23. The molecule has 1 aliphatic carbocycles. The molecule has 0 saturated heterocycles. The predicted molar refractivity (Wildman–Crippen MR) is 252 cm³/mol. The SMILES string of the molecule is CO[C@H]1/C=C/O[C@@]2(C)Oc3c(C)c(OC(=O)c4ccc(C)cc4)c4c(c3C2=O)C(=O)C(Nc2cc(C)cc(C)c2)=C(NC(=O)/C(C)=C\C=C\[C@H](C)[C@H](O)[C@@H](C)[C@H](O)[C@H](C)[C@H](OC(C)=O)[C@@H]1C)C4=O. The van der Waals surface area contributed by atoms with Gasteiger partial charge in [0.25, 0.3) is 11.7 Å². The van der Waals surface area contributed by atoms with Gasteiger partial charge in [0.1, 0.15) is 29.0 Å². The largest absolute Gasteiger partial charge is 0.462 e. The van der Waals surface area contributed by atoms with Gasteiger partial charge in [-0.3, -0.25) is 24.0 Å². The number of methoxy groups -OCH3 is 1. The van der Waals surface area contributed by atoms with E-state index in [-0.39, 0.29) is 39.5 Å². The van der Waals surface area contributed by atoms with E-state index < -0.39 is 106 Å². The van der Waals surface area contributed by atoms with Crippen LogP contribution in [0.2, 0.25) is 0 Å². The van der Waals surface area contributed by atoms with Crippen LogP contribution in [0.15, 0.2) is 90.0 Å². The molecule has 0 unspecified atom stereocenters. The van der Waals surface area contributed by atoms with Crippen LogP contribution in [0.3, 0.4) is 0 Å². The molecule has 9 atom stereocenters. The van der Waals surface area contributed by atoms with Gasteiger partial charge in [-0.2, -0.15) is 0 Å². The molecule has 3 aromatic rings. The summed E-state index contributed by atoms with van der Waals surface area (Å²) in [5, 5.41) is 28.8. The first-order valence-corrected chi connectivity index (χ1v) is 22.5. The van der Waals surface area contributed by atoms with E-state index in [2.05, 4.69) is 10.6 Å². The fourth-order valence-electron chi connectivity index (χ4n) is 8.96. The summed E-state index contributed by atoms with van der Waals surface area (Å²) < 4.78 is 30.0. The summed E-state index contributed by atoms with van der Waals surface area (Å²) in [5.41, 5.74) is 1.06. The van der Waals surface area contributed by atoms with E-state index in [4.69, 9.17) is 23.7 Å². The van der Waals surface area contributed by atoms with Crippen LogP contribution in [0, 0.1) is 51.4 Å². The molecule has 4 N–H and O–H groups in total. The molecule has 4 aliphatic rings. The van der Waals surface area contributed by atoms with Crippen LogP contribution in [0.1, 0.15) is 112 Å². The fraction of sp³-hybridized carbons (Fsp3) is 0.396. The number of fused-ring (bicyclic) bond motifs is 14. The number of carbonyl (C=O) groups is 6. The van der Waals surface area contributed by atoms with E-state index >= 15 is 9.59 Å². The number of ether oxygens (including phenoxy) is 5. The van der Waals surface area contributed by atoms with Gasteiger partial charge in [-0.05, 0) is 76.1 Å². The summed E-state index contributed by atoms with van der Waals surface area (Å²) in [6, 6.07) is 11.9. The van der Waals surface area contributed by atoms with Crippen molar-refractivity contribution < 1.29 is 62.7 Å². The normalized spacial score (nSPS) is 28.4. The Labute approximate surface area is 396 Å². The third-order valence-electron chi connectivity index (χ3n) is 12.9. The molecule has 68 heavy (non-hydrogen) atoms. The third kappa shape index (κ3) is 10.1. The second-order valence-electron chi connectivity index (χ2n) is 18.3.